The van der Waals surface area contributed by atoms with Gasteiger partial charge in [-0.3, -0.25) is 9.59 Å². The minimum atomic E-state index is -4.26. The number of hydrogen-bond donors (Lipinski definition) is 3. The number of pyridine rings is 1. The summed E-state index contributed by atoms with van der Waals surface area (Å²) in [5.74, 6) is -3.38. The summed E-state index contributed by atoms with van der Waals surface area (Å²) < 4.78 is 61.1. The highest BCUT2D eigenvalue weighted by molar-refractivity contribution is 7.94. The number of aromatic hydroxyl groups is 1. The third kappa shape index (κ3) is 4.40. The number of alkyl halides is 3. The zero-order valence-electron chi connectivity index (χ0n) is 14.6. The predicted molar refractivity (Wildman–Crippen MR) is 93.7 cm³/mol. The fraction of sp³-hybridized carbons (Fsp3) is 0.529. The van der Waals surface area contributed by atoms with E-state index < -0.39 is 50.9 Å². The van der Waals surface area contributed by atoms with Crippen molar-refractivity contribution in [2.45, 2.75) is 43.8 Å². The molecule has 2 heterocycles. The average molecular weight is 420 g/mol. The van der Waals surface area contributed by atoms with E-state index in [1.54, 1.807) is 0 Å². The predicted octanol–water partition coefficient (Wildman–Crippen LogP) is 1.96. The van der Waals surface area contributed by atoms with Gasteiger partial charge in [-0.25, -0.2) is 8.42 Å². The van der Waals surface area contributed by atoms with E-state index >= 15 is 0 Å². The molecule has 1 fully saturated rings. The summed E-state index contributed by atoms with van der Waals surface area (Å²) in [5, 5.41) is 13.6. The van der Waals surface area contributed by atoms with Crippen LogP contribution in [-0.2, 0) is 9.84 Å². The first-order valence-corrected chi connectivity index (χ1v) is 10.4. The Bertz CT molecular complexity index is 960. The number of aromatic amines is 1. The van der Waals surface area contributed by atoms with E-state index in [-0.39, 0.29) is 42.9 Å². The number of halogens is 3. The van der Waals surface area contributed by atoms with Gasteiger partial charge in [-0.15, -0.1) is 0 Å². The van der Waals surface area contributed by atoms with Crippen molar-refractivity contribution >= 4 is 15.7 Å². The molecule has 11 heteroatoms. The van der Waals surface area contributed by atoms with Crippen molar-refractivity contribution in [1.29, 1.82) is 0 Å². The summed E-state index contributed by atoms with van der Waals surface area (Å²) in [6.07, 6.45) is -2.85. The van der Waals surface area contributed by atoms with Gasteiger partial charge in [0, 0.05) is 17.4 Å². The molecule has 1 aliphatic carbocycles. The fourth-order valence-electron chi connectivity index (χ4n) is 3.63. The minimum Gasteiger partial charge on any atom is -0.506 e. The molecule has 0 unspecified atom stereocenters. The van der Waals surface area contributed by atoms with Crippen molar-refractivity contribution in [3.05, 3.63) is 39.2 Å². The molecular formula is C17H19F3N2O5S. The second-order valence-corrected chi connectivity index (χ2v) is 9.07. The van der Waals surface area contributed by atoms with E-state index in [0.29, 0.717) is 0 Å². The van der Waals surface area contributed by atoms with Gasteiger partial charge in [-0.2, -0.15) is 13.2 Å². The number of H-pyrrole nitrogens is 1. The molecule has 3 N–H and O–H groups in total. The molecule has 1 aliphatic heterocycles. The summed E-state index contributed by atoms with van der Waals surface area (Å²) in [7, 11) is -3.39. The van der Waals surface area contributed by atoms with Crippen molar-refractivity contribution in [1.82, 2.24) is 10.3 Å². The first-order chi connectivity index (χ1) is 13.0. The second-order valence-electron chi connectivity index (χ2n) is 7.14. The first-order valence-electron chi connectivity index (χ1n) is 8.71. The Morgan fingerprint density at radius 2 is 1.86 bits per heavy atom. The normalized spacial score (nSPS) is 26.9. The molecule has 1 atom stereocenters. The van der Waals surface area contributed by atoms with Crippen molar-refractivity contribution < 1.29 is 31.5 Å². The van der Waals surface area contributed by atoms with Gasteiger partial charge >= 0.3 is 6.18 Å². The molecule has 28 heavy (non-hydrogen) atoms. The van der Waals surface area contributed by atoms with Crippen LogP contribution in [0.25, 0.3) is 0 Å². The Hall–Kier alpha value is -2.30. The highest BCUT2D eigenvalue weighted by Gasteiger charge is 2.42. The number of rotatable bonds is 3. The summed E-state index contributed by atoms with van der Waals surface area (Å²) in [6.45, 7) is 0. The van der Waals surface area contributed by atoms with Crippen molar-refractivity contribution in [3.8, 4) is 5.75 Å². The highest BCUT2D eigenvalue weighted by atomic mass is 32.2. The van der Waals surface area contributed by atoms with Gasteiger partial charge in [-0.05, 0) is 31.8 Å². The Morgan fingerprint density at radius 3 is 2.39 bits per heavy atom. The number of sulfone groups is 1. The SMILES string of the molecule is O=C(N[C@@H]1C=CS(=O)(=O)C1)c1cc(O)c(C2CCC(C(F)(F)F)CC2)[nH]c1=O. The highest BCUT2D eigenvalue weighted by Crippen LogP contribution is 2.43. The van der Waals surface area contributed by atoms with Crippen LogP contribution in [0.1, 0.15) is 47.7 Å². The number of carbonyl (C=O) groups is 1. The van der Waals surface area contributed by atoms with E-state index in [1.807, 2.05) is 0 Å². The van der Waals surface area contributed by atoms with Crippen LogP contribution in [0.5, 0.6) is 5.75 Å². The molecule has 1 saturated carbocycles. The van der Waals surface area contributed by atoms with E-state index in [4.69, 9.17) is 0 Å². The Balaban J connectivity index is 1.72. The molecule has 1 amide bonds. The Morgan fingerprint density at radius 1 is 1.21 bits per heavy atom. The largest absolute Gasteiger partial charge is 0.506 e. The summed E-state index contributed by atoms with van der Waals surface area (Å²) in [4.78, 5) is 26.9. The number of hydrogen-bond acceptors (Lipinski definition) is 5. The summed E-state index contributed by atoms with van der Waals surface area (Å²) in [5.41, 5.74) is -1.08. The smallest absolute Gasteiger partial charge is 0.391 e. The third-order valence-electron chi connectivity index (χ3n) is 5.14. The van der Waals surface area contributed by atoms with Gasteiger partial charge in [0.1, 0.15) is 11.3 Å². The van der Waals surface area contributed by atoms with Gasteiger partial charge in [0.25, 0.3) is 11.5 Å². The maximum absolute atomic E-state index is 12.8. The molecule has 0 saturated heterocycles. The number of aromatic nitrogens is 1. The van der Waals surface area contributed by atoms with E-state index in [9.17, 15) is 36.3 Å². The van der Waals surface area contributed by atoms with Crippen LogP contribution in [0.3, 0.4) is 0 Å². The molecule has 0 spiro atoms. The molecule has 0 radical (unpaired) electrons. The fourth-order valence-corrected chi connectivity index (χ4v) is 4.87. The maximum atomic E-state index is 12.8. The molecule has 1 aromatic heterocycles. The zero-order valence-corrected chi connectivity index (χ0v) is 15.4. The lowest BCUT2D eigenvalue weighted by atomic mass is 9.80. The van der Waals surface area contributed by atoms with Gasteiger partial charge < -0.3 is 15.4 Å². The van der Waals surface area contributed by atoms with E-state index in [1.165, 1.54) is 6.08 Å². The lowest BCUT2D eigenvalue weighted by molar-refractivity contribution is -0.182. The number of nitrogens with one attached hydrogen (secondary N) is 2. The maximum Gasteiger partial charge on any atom is 0.391 e. The second kappa shape index (κ2) is 7.26. The van der Waals surface area contributed by atoms with Crippen LogP contribution in [0.2, 0.25) is 0 Å². The van der Waals surface area contributed by atoms with Gasteiger partial charge in [0.05, 0.1) is 23.4 Å². The van der Waals surface area contributed by atoms with E-state index in [0.717, 1.165) is 11.5 Å². The molecular weight excluding hydrogens is 401 g/mol. The lowest BCUT2D eigenvalue weighted by Gasteiger charge is -2.30. The molecule has 0 bridgehead atoms. The van der Waals surface area contributed by atoms with Crippen LogP contribution < -0.4 is 10.9 Å². The van der Waals surface area contributed by atoms with Crippen LogP contribution in [0.4, 0.5) is 13.2 Å². The summed E-state index contributed by atoms with van der Waals surface area (Å²) in [6, 6.07) is 0.184. The molecule has 2 aliphatic rings. The standard InChI is InChI=1S/C17H19F3N2O5S/c18-17(19,20)10-3-1-9(2-4-10)14-13(23)7-12(16(25)22-14)15(24)21-11-5-6-28(26,27)8-11/h5-7,9-11,23H,1-4,8H2,(H,21,24)(H,22,25)/t9?,10?,11-/m1/s1. The lowest BCUT2D eigenvalue weighted by Crippen LogP contribution is -2.38. The molecule has 0 aromatic carbocycles. The van der Waals surface area contributed by atoms with Gasteiger partial charge in [0.15, 0.2) is 9.84 Å². The van der Waals surface area contributed by atoms with E-state index in [2.05, 4.69) is 10.3 Å². The minimum absolute atomic E-state index is 0.0969. The molecule has 1 aromatic rings. The first kappa shape index (κ1) is 20.4. The Labute approximate surface area is 158 Å². The van der Waals surface area contributed by atoms with Crippen molar-refractivity contribution in [3.63, 3.8) is 0 Å². The quantitative estimate of drug-likeness (QED) is 0.691. The average Bonchev–Trinajstić information content (AvgIpc) is 2.94. The molecule has 7 nitrogen and oxygen atoms in total. The molecule has 154 valence electrons. The van der Waals surface area contributed by atoms with Crippen molar-refractivity contribution in [2.24, 2.45) is 5.92 Å². The Kier molecular flexibility index (Phi) is 5.30. The van der Waals surface area contributed by atoms with Crippen LogP contribution in [-0.4, -0.2) is 42.4 Å². The monoisotopic (exact) mass is 420 g/mol. The number of carbonyl (C=O) groups excluding carboxylic acids is 1. The zero-order chi connectivity index (χ0) is 20.7. The number of amides is 1. The summed E-state index contributed by atoms with van der Waals surface area (Å²) >= 11 is 0. The van der Waals surface area contributed by atoms with Crippen LogP contribution >= 0.6 is 0 Å². The third-order valence-corrected chi connectivity index (χ3v) is 6.53. The van der Waals surface area contributed by atoms with Gasteiger partial charge in [0.2, 0.25) is 0 Å². The molecule has 3 rings (SSSR count). The van der Waals surface area contributed by atoms with Crippen LogP contribution in [0.15, 0.2) is 22.3 Å². The van der Waals surface area contributed by atoms with Crippen LogP contribution in [0, 0.1) is 5.92 Å². The van der Waals surface area contributed by atoms with Crippen molar-refractivity contribution in [2.75, 3.05) is 5.75 Å². The topological polar surface area (TPSA) is 116 Å². The van der Waals surface area contributed by atoms with Gasteiger partial charge in [-0.1, -0.05) is 0 Å².